The Hall–Kier alpha value is -2.04. The summed E-state index contributed by atoms with van der Waals surface area (Å²) in [5.41, 5.74) is 0.0146. The largest absolute Gasteiger partial charge is 0.458 e. The zero-order valence-corrected chi connectivity index (χ0v) is 13.2. The van der Waals surface area contributed by atoms with Gasteiger partial charge >= 0.3 is 12.1 Å². The van der Waals surface area contributed by atoms with Gasteiger partial charge in [-0.15, -0.1) is 0 Å². The first-order valence-electron chi connectivity index (χ1n) is 6.94. The summed E-state index contributed by atoms with van der Waals surface area (Å²) in [6, 6.07) is 8.04. The summed E-state index contributed by atoms with van der Waals surface area (Å²) >= 11 is 0. The van der Waals surface area contributed by atoms with Crippen molar-refractivity contribution in [1.82, 2.24) is 5.32 Å². The topological polar surface area (TPSA) is 64.6 Å². The second kappa shape index (κ2) is 7.11. The monoisotopic (exact) mass is 293 g/mol. The van der Waals surface area contributed by atoms with Gasteiger partial charge < -0.3 is 14.8 Å². The molecule has 1 amide bonds. The fourth-order valence-corrected chi connectivity index (χ4v) is 1.65. The van der Waals surface area contributed by atoms with Crippen LogP contribution in [0.5, 0.6) is 0 Å². The van der Waals surface area contributed by atoms with Crippen LogP contribution in [0, 0.1) is 0 Å². The van der Waals surface area contributed by atoms with Crippen LogP contribution in [0.2, 0.25) is 0 Å². The molecule has 1 aromatic carbocycles. The molecule has 0 aliphatic rings. The molecule has 5 heteroatoms. The molecule has 1 rings (SSSR count). The first-order chi connectivity index (χ1) is 9.69. The normalized spacial score (nSPS) is 12.7. The Morgan fingerprint density at radius 2 is 1.67 bits per heavy atom. The van der Waals surface area contributed by atoms with Crippen molar-refractivity contribution in [1.29, 1.82) is 0 Å². The van der Waals surface area contributed by atoms with Crippen molar-refractivity contribution in [2.45, 2.75) is 52.4 Å². The predicted octanol–water partition coefficient (Wildman–Crippen LogP) is 3.20. The molecule has 0 radical (unpaired) electrons. The summed E-state index contributed by atoms with van der Waals surface area (Å²) in [4.78, 5) is 24.1. The summed E-state index contributed by atoms with van der Waals surface area (Å²) < 4.78 is 10.4. The third-order valence-electron chi connectivity index (χ3n) is 2.38. The van der Waals surface area contributed by atoms with Gasteiger partial charge in [-0.3, -0.25) is 0 Å². The van der Waals surface area contributed by atoms with E-state index in [2.05, 4.69) is 5.32 Å². The van der Waals surface area contributed by atoms with Crippen LogP contribution in [0.1, 0.15) is 46.2 Å². The second-order valence-electron chi connectivity index (χ2n) is 5.98. The lowest BCUT2D eigenvalue weighted by atomic mass is 10.1. The van der Waals surface area contributed by atoms with Crippen molar-refractivity contribution < 1.29 is 19.1 Å². The van der Waals surface area contributed by atoms with Crippen LogP contribution >= 0.6 is 0 Å². The molecule has 5 nitrogen and oxygen atoms in total. The minimum Gasteiger partial charge on any atom is -0.458 e. The zero-order chi connectivity index (χ0) is 16.0. The number of benzene rings is 1. The van der Waals surface area contributed by atoms with Gasteiger partial charge in [-0.2, -0.15) is 0 Å². The molecule has 0 bridgehead atoms. The number of amides is 1. The van der Waals surface area contributed by atoms with E-state index >= 15 is 0 Å². The molecule has 0 spiro atoms. The number of nitrogens with one attached hydrogen (secondary N) is 1. The molecule has 0 saturated heterocycles. The molecule has 1 N–H and O–H groups in total. The summed E-state index contributed by atoms with van der Waals surface area (Å²) in [6.45, 7) is 8.81. The quantitative estimate of drug-likeness (QED) is 0.866. The average Bonchev–Trinajstić information content (AvgIpc) is 2.34. The van der Waals surface area contributed by atoms with Crippen LogP contribution in [0.4, 0.5) is 4.79 Å². The summed E-state index contributed by atoms with van der Waals surface area (Å²) in [5.74, 6) is -0.519. The standard InChI is InChI=1S/C16H23NO4/c1-11(2)20-15(19)17-13(12-9-7-6-8-10-12)14(18)21-16(3,4)5/h6-11,13H,1-5H3,(H,17,19)/t13-/m0/s1. The first-order valence-corrected chi connectivity index (χ1v) is 6.94. The Kier molecular flexibility index (Phi) is 5.76. The Balaban J connectivity index is 2.90. The van der Waals surface area contributed by atoms with Crippen molar-refractivity contribution in [2.24, 2.45) is 0 Å². The van der Waals surface area contributed by atoms with E-state index < -0.39 is 23.7 Å². The zero-order valence-electron chi connectivity index (χ0n) is 13.2. The molecule has 0 aliphatic heterocycles. The minimum atomic E-state index is -0.892. The number of rotatable bonds is 4. The van der Waals surface area contributed by atoms with Crippen LogP contribution < -0.4 is 5.32 Å². The molecule has 0 fully saturated rings. The Labute approximate surface area is 125 Å². The van der Waals surface area contributed by atoms with E-state index in [-0.39, 0.29) is 6.10 Å². The number of hydrogen-bond acceptors (Lipinski definition) is 4. The van der Waals surface area contributed by atoms with Gasteiger partial charge in [-0.05, 0) is 40.2 Å². The molecule has 21 heavy (non-hydrogen) atoms. The van der Waals surface area contributed by atoms with E-state index in [1.807, 2.05) is 6.07 Å². The average molecular weight is 293 g/mol. The maximum Gasteiger partial charge on any atom is 0.408 e. The molecule has 1 aromatic rings. The van der Waals surface area contributed by atoms with E-state index in [1.54, 1.807) is 58.9 Å². The van der Waals surface area contributed by atoms with Crippen molar-refractivity contribution in [3.8, 4) is 0 Å². The highest BCUT2D eigenvalue weighted by Crippen LogP contribution is 2.18. The lowest BCUT2D eigenvalue weighted by Crippen LogP contribution is -2.39. The first kappa shape index (κ1) is 17.0. The number of esters is 1. The minimum absolute atomic E-state index is 0.264. The van der Waals surface area contributed by atoms with Gasteiger partial charge in [0, 0.05) is 0 Å². The smallest absolute Gasteiger partial charge is 0.408 e. The van der Waals surface area contributed by atoms with Gasteiger partial charge in [0.15, 0.2) is 6.04 Å². The van der Waals surface area contributed by atoms with Gasteiger partial charge in [0.25, 0.3) is 0 Å². The third-order valence-corrected chi connectivity index (χ3v) is 2.38. The predicted molar refractivity (Wildman–Crippen MR) is 79.8 cm³/mol. The van der Waals surface area contributed by atoms with E-state index in [0.717, 1.165) is 0 Å². The van der Waals surface area contributed by atoms with Crippen LogP contribution in [0.3, 0.4) is 0 Å². The maximum atomic E-state index is 12.3. The fourth-order valence-electron chi connectivity index (χ4n) is 1.65. The molecule has 0 aromatic heterocycles. The molecular weight excluding hydrogens is 270 g/mol. The van der Waals surface area contributed by atoms with Gasteiger partial charge in [0.05, 0.1) is 6.10 Å². The fraction of sp³-hybridized carbons (Fsp3) is 0.500. The van der Waals surface area contributed by atoms with Gasteiger partial charge in [-0.25, -0.2) is 9.59 Å². The molecule has 0 heterocycles. The molecular formula is C16H23NO4. The number of carbonyl (C=O) groups is 2. The molecule has 116 valence electrons. The highest BCUT2D eigenvalue weighted by Gasteiger charge is 2.28. The van der Waals surface area contributed by atoms with Crippen LogP contribution in [0.15, 0.2) is 30.3 Å². The maximum absolute atomic E-state index is 12.3. The van der Waals surface area contributed by atoms with E-state index in [0.29, 0.717) is 5.56 Å². The highest BCUT2D eigenvalue weighted by atomic mass is 16.6. The third kappa shape index (κ3) is 6.29. The van der Waals surface area contributed by atoms with Gasteiger partial charge in [0.1, 0.15) is 5.60 Å². The van der Waals surface area contributed by atoms with Crippen LogP contribution in [-0.2, 0) is 14.3 Å². The molecule has 1 atom stereocenters. The number of carbonyl (C=O) groups excluding carboxylic acids is 2. The molecule has 0 unspecified atom stereocenters. The van der Waals surface area contributed by atoms with Gasteiger partial charge in [0.2, 0.25) is 0 Å². The van der Waals surface area contributed by atoms with E-state index in [1.165, 1.54) is 0 Å². The SMILES string of the molecule is CC(C)OC(=O)N[C@H](C(=O)OC(C)(C)C)c1ccccc1. The van der Waals surface area contributed by atoms with Crippen molar-refractivity contribution in [3.05, 3.63) is 35.9 Å². The van der Waals surface area contributed by atoms with E-state index in [4.69, 9.17) is 9.47 Å². The van der Waals surface area contributed by atoms with Crippen molar-refractivity contribution in [3.63, 3.8) is 0 Å². The summed E-state index contributed by atoms with van der Waals surface area (Å²) in [7, 11) is 0. The van der Waals surface area contributed by atoms with Gasteiger partial charge in [-0.1, -0.05) is 30.3 Å². The van der Waals surface area contributed by atoms with Crippen LogP contribution in [0.25, 0.3) is 0 Å². The number of alkyl carbamates (subject to hydrolysis) is 1. The van der Waals surface area contributed by atoms with Crippen LogP contribution in [-0.4, -0.2) is 23.8 Å². The Morgan fingerprint density at radius 1 is 1.10 bits per heavy atom. The summed E-state index contributed by atoms with van der Waals surface area (Å²) in [6.07, 6.45) is -0.912. The molecule has 0 saturated carbocycles. The van der Waals surface area contributed by atoms with Crippen molar-refractivity contribution >= 4 is 12.1 Å². The lowest BCUT2D eigenvalue weighted by molar-refractivity contribution is -0.157. The lowest BCUT2D eigenvalue weighted by Gasteiger charge is -2.25. The number of hydrogen-bond donors (Lipinski definition) is 1. The summed E-state index contributed by atoms with van der Waals surface area (Å²) in [5, 5.41) is 2.55. The molecule has 0 aliphatic carbocycles. The van der Waals surface area contributed by atoms with E-state index in [9.17, 15) is 9.59 Å². The Morgan fingerprint density at radius 3 is 2.14 bits per heavy atom. The second-order valence-corrected chi connectivity index (χ2v) is 5.98. The highest BCUT2D eigenvalue weighted by molar-refractivity contribution is 5.83. The van der Waals surface area contributed by atoms with Crippen molar-refractivity contribution in [2.75, 3.05) is 0 Å². The number of ether oxygens (including phenoxy) is 2. The Bertz CT molecular complexity index is 477.